The average Bonchev–Trinajstić information content (AvgIpc) is 3.84. The molecule has 8 rings (SSSR count). The van der Waals surface area contributed by atoms with Gasteiger partial charge in [0.05, 0.1) is 23.9 Å². The Balaban J connectivity index is 0.00000364. The van der Waals surface area contributed by atoms with Crippen molar-refractivity contribution >= 4 is 27.8 Å². The summed E-state index contributed by atoms with van der Waals surface area (Å²) < 4.78 is 15.1. The van der Waals surface area contributed by atoms with Crippen molar-refractivity contribution in [1.29, 1.82) is 0 Å². The Morgan fingerprint density at radius 3 is 2.46 bits per heavy atom. The molecule has 0 amide bonds. The first-order chi connectivity index (χ1) is 22.8. The van der Waals surface area contributed by atoms with Gasteiger partial charge in [0.25, 0.3) is 0 Å². The molecule has 0 radical (unpaired) electrons. The van der Waals surface area contributed by atoms with Crippen molar-refractivity contribution < 1.29 is 30.5 Å². The molecule has 1 atom stereocenters. The van der Waals surface area contributed by atoms with Crippen LogP contribution in [0, 0.1) is 25.0 Å². The van der Waals surface area contributed by atoms with E-state index in [2.05, 4.69) is 91.8 Å². The Kier molecular flexibility index (Phi) is 8.72. The third kappa shape index (κ3) is 6.19. The first-order valence-electron chi connectivity index (χ1n) is 16.6. The third-order valence-electron chi connectivity index (χ3n) is 9.49. The number of nitrogens with zero attached hydrogens (tertiary/aromatic N) is 4. The molecule has 7 heteroatoms. The summed E-state index contributed by atoms with van der Waals surface area (Å²) in [5, 5.41) is 2.27. The number of hydrogen-bond donors (Lipinski definition) is 0. The number of fused-ring (bicyclic) bond motifs is 3. The summed E-state index contributed by atoms with van der Waals surface area (Å²) in [5.41, 5.74) is 7.58. The van der Waals surface area contributed by atoms with Crippen molar-refractivity contribution in [3.8, 4) is 28.4 Å². The Morgan fingerprint density at radius 2 is 1.67 bits per heavy atom. The van der Waals surface area contributed by atoms with E-state index in [1.807, 2.05) is 36.5 Å². The van der Waals surface area contributed by atoms with Crippen molar-refractivity contribution in [2.45, 2.75) is 64.8 Å². The zero-order chi connectivity index (χ0) is 32.1. The van der Waals surface area contributed by atoms with Gasteiger partial charge in [-0.05, 0) is 67.5 Å². The molecule has 0 unspecified atom stereocenters. The van der Waals surface area contributed by atoms with E-state index in [0.29, 0.717) is 29.9 Å². The summed E-state index contributed by atoms with van der Waals surface area (Å²) >= 11 is 0. The zero-order valence-electron chi connectivity index (χ0n) is 27.7. The smallest absolute Gasteiger partial charge is 0.518 e. The van der Waals surface area contributed by atoms with Gasteiger partial charge in [-0.25, -0.2) is 4.98 Å². The second kappa shape index (κ2) is 13.0. The molecule has 1 saturated carbocycles. The maximum atomic E-state index is 6.70. The van der Waals surface area contributed by atoms with E-state index in [1.165, 1.54) is 36.6 Å². The molecule has 3 aromatic heterocycles. The van der Waals surface area contributed by atoms with Crippen molar-refractivity contribution in [2.24, 2.45) is 10.9 Å². The van der Waals surface area contributed by atoms with Crippen molar-refractivity contribution in [3.05, 3.63) is 114 Å². The third-order valence-corrected chi connectivity index (χ3v) is 9.49. The zero-order valence-corrected chi connectivity index (χ0v) is 30.0. The van der Waals surface area contributed by atoms with Crippen molar-refractivity contribution in [1.82, 2.24) is 14.5 Å². The molecule has 244 valence electrons. The van der Waals surface area contributed by atoms with Gasteiger partial charge in [-0.3, -0.25) is 9.98 Å². The molecule has 1 fully saturated rings. The van der Waals surface area contributed by atoms with Crippen LogP contribution in [0.1, 0.15) is 63.1 Å². The van der Waals surface area contributed by atoms with Gasteiger partial charge in [0.15, 0.2) is 0 Å². The van der Waals surface area contributed by atoms with Gasteiger partial charge < -0.3 is 14.0 Å². The Morgan fingerprint density at radius 1 is 0.854 bits per heavy atom. The summed E-state index contributed by atoms with van der Waals surface area (Å²) in [4.78, 5) is 14.5. The summed E-state index contributed by atoms with van der Waals surface area (Å²) in [6.07, 6.45) is 8.66. The Bertz CT molecular complexity index is 2140. The fourth-order valence-electron chi connectivity index (χ4n) is 6.97. The van der Waals surface area contributed by atoms with Crippen molar-refractivity contribution in [2.75, 3.05) is 6.61 Å². The second-order valence-corrected chi connectivity index (χ2v) is 13.9. The fraction of sp³-hybridized carbons (Fsp3) is 0.293. The molecule has 1 aliphatic carbocycles. The number of aryl methyl sites for hydroxylation is 1. The Labute approximate surface area is 296 Å². The van der Waals surface area contributed by atoms with Crippen LogP contribution in [0.25, 0.3) is 38.9 Å². The normalized spacial score (nSPS) is 16.6. The van der Waals surface area contributed by atoms with Crippen LogP contribution in [0.3, 0.4) is 0 Å². The molecule has 4 heterocycles. The predicted molar refractivity (Wildman–Crippen MR) is 188 cm³/mol. The molecular formula is C41H38N4O2Pt. The number of pyridine rings is 2. The van der Waals surface area contributed by atoms with E-state index < -0.39 is 0 Å². The van der Waals surface area contributed by atoms with E-state index in [9.17, 15) is 0 Å². The molecule has 48 heavy (non-hydrogen) atoms. The Hall–Kier alpha value is -4.28. The molecule has 6 nitrogen and oxygen atoms in total. The minimum Gasteiger partial charge on any atom is -0.518 e. The molecular weight excluding hydrogens is 776 g/mol. The van der Waals surface area contributed by atoms with Gasteiger partial charge in [0.2, 0.25) is 0 Å². The van der Waals surface area contributed by atoms with Gasteiger partial charge in [-0.15, -0.1) is 29.8 Å². The van der Waals surface area contributed by atoms with Crippen molar-refractivity contribution in [3.63, 3.8) is 0 Å². The summed E-state index contributed by atoms with van der Waals surface area (Å²) in [6.45, 7) is 9.38. The van der Waals surface area contributed by atoms with Gasteiger partial charge >= 0.3 is 21.1 Å². The number of aliphatic imine (C=N–C) groups is 1. The first kappa shape index (κ1) is 32.3. The summed E-state index contributed by atoms with van der Waals surface area (Å²) in [5.74, 6) is 2.38. The van der Waals surface area contributed by atoms with Gasteiger partial charge in [0, 0.05) is 34.7 Å². The minimum absolute atomic E-state index is 0. The number of ether oxygens (including phenoxy) is 2. The first-order valence-corrected chi connectivity index (χ1v) is 16.6. The van der Waals surface area contributed by atoms with Crippen LogP contribution in [-0.4, -0.2) is 33.1 Å². The molecule has 0 saturated heterocycles. The van der Waals surface area contributed by atoms with E-state index >= 15 is 0 Å². The maximum absolute atomic E-state index is 6.70. The van der Waals surface area contributed by atoms with Crippen LogP contribution in [0.15, 0.2) is 90.2 Å². The molecule has 6 aromatic rings. The monoisotopic (exact) mass is 813 g/mol. The maximum Gasteiger partial charge on any atom is 2.00 e. The van der Waals surface area contributed by atoms with E-state index in [-0.39, 0.29) is 32.5 Å². The molecule has 3 aromatic carbocycles. The molecule has 1 aliphatic heterocycles. The molecule has 0 bridgehead atoms. The van der Waals surface area contributed by atoms with Crippen LogP contribution in [0.4, 0.5) is 0 Å². The van der Waals surface area contributed by atoms with Gasteiger partial charge in [-0.1, -0.05) is 80.3 Å². The van der Waals surface area contributed by atoms with Gasteiger partial charge in [0.1, 0.15) is 11.5 Å². The second-order valence-electron chi connectivity index (χ2n) is 13.9. The van der Waals surface area contributed by atoms with E-state index in [1.54, 1.807) is 6.20 Å². The molecule has 0 N–H and O–H groups in total. The molecule has 2 aliphatic rings. The average molecular weight is 814 g/mol. The summed E-state index contributed by atoms with van der Waals surface area (Å²) in [7, 11) is 0. The molecule has 0 spiro atoms. The topological polar surface area (TPSA) is 61.5 Å². The number of rotatable bonds is 6. The van der Waals surface area contributed by atoms with E-state index in [4.69, 9.17) is 19.5 Å². The van der Waals surface area contributed by atoms with Crippen LogP contribution < -0.4 is 4.74 Å². The predicted octanol–water partition coefficient (Wildman–Crippen LogP) is 9.57. The van der Waals surface area contributed by atoms with Crippen LogP contribution >= 0.6 is 0 Å². The summed E-state index contributed by atoms with van der Waals surface area (Å²) in [6, 6.07) is 32.2. The van der Waals surface area contributed by atoms with E-state index in [0.717, 1.165) is 44.6 Å². The SMILES string of the molecule is Cc1ccc2c(c1)c1cccnc1n2-c1[c-]c(Oc2[c-]c(C3=N[C@H](C4CCCC4)CO3)cc(-c3ccccn3)c2)cc(C(C)(C)C)c1.[Pt+2]. The standard InChI is InChI=1S/C41H38N4O2.Pt/c1-26-14-15-38-35(18-26)34-12-9-17-43-39(34)45(38)31-22-30(41(2,3)4)23-33(24-31)47-32-20-28(36-13-7-8-16-42-36)19-29(21-32)40-44-37(25-46-40)27-10-5-6-11-27;/h7-9,12-20,22-23,27,37H,5-6,10-11,25H2,1-4H3;/q-2;+2/t37-;/m0./s1. The largest absolute Gasteiger partial charge is 2.00 e. The van der Waals surface area contributed by atoms with Crippen LogP contribution in [0.5, 0.6) is 11.5 Å². The van der Waals surface area contributed by atoms with Crippen LogP contribution in [-0.2, 0) is 31.2 Å². The number of aromatic nitrogens is 3. The van der Waals surface area contributed by atoms with Gasteiger partial charge in [-0.2, -0.15) is 0 Å². The minimum atomic E-state index is -0.142. The van der Waals surface area contributed by atoms with Crippen LogP contribution in [0.2, 0.25) is 0 Å². The number of hydrogen-bond acceptors (Lipinski definition) is 5. The quantitative estimate of drug-likeness (QED) is 0.157. The fourth-order valence-corrected chi connectivity index (χ4v) is 6.97. The number of benzene rings is 3.